The van der Waals surface area contributed by atoms with E-state index in [-0.39, 0.29) is 12.0 Å². The third kappa shape index (κ3) is 6.31. The first-order chi connectivity index (χ1) is 14.6. The topological polar surface area (TPSA) is 42.0 Å². The van der Waals surface area contributed by atoms with Gasteiger partial charge in [-0.25, -0.2) is 0 Å². The number of carbonyl (C=O) groups excluding carboxylic acids is 1. The molecule has 0 saturated carbocycles. The van der Waals surface area contributed by atoms with Crippen molar-refractivity contribution >= 4 is 5.91 Å². The minimum atomic E-state index is -0.0562. The molecule has 0 N–H and O–H groups in total. The van der Waals surface area contributed by atoms with Crippen molar-refractivity contribution in [1.29, 1.82) is 0 Å². The zero-order valence-corrected chi connectivity index (χ0v) is 18.5. The maximum Gasteiger partial charge on any atom is 0.222 e. The normalized spacial score (nSPS) is 15.8. The number of hydrogen-bond donors (Lipinski definition) is 0. The van der Waals surface area contributed by atoms with Gasteiger partial charge in [0.15, 0.2) is 0 Å². The molecule has 3 rings (SSSR count). The molecule has 1 aliphatic rings. The number of nitrogens with zero attached hydrogens (tertiary/aromatic N) is 2. The van der Waals surface area contributed by atoms with Crippen LogP contribution in [0.2, 0.25) is 0 Å². The molecule has 162 valence electrons. The molecule has 1 atom stereocenters. The summed E-state index contributed by atoms with van der Waals surface area (Å²) >= 11 is 0. The number of benzene rings is 2. The van der Waals surface area contributed by atoms with E-state index in [0.717, 1.165) is 50.5 Å². The zero-order valence-electron chi connectivity index (χ0n) is 18.5. The van der Waals surface area contributed by atoms with Gasteiger partial charge in [0.2, 0.25) is 5.91 Å². The summed E-state index contributed by atoms with van der Waals surface area (Å²) in [7, 11) is 1.69. The Labute approximate surface area is 180 Å². The lowest BCUT2D eigenvalue weighted by Crippen LogP contribution is -2.49. The van der Waals surface area contributed by atoms with E-state index < -0.39 is 0 Å². The molecule has 2 aromatic rings. The van der Waals surface area contributed by atoms with Gasteiger partial charge in [-0.2, -0.15) is 0 Å². The van der Waals surface area contributed by atoms with Crippen LogP contribution >= 0.6 is 0 Å². The van der Waals surface area contributed by atoms with Gasteiger partial charge in [-0.15, -0.1) is 0 Å². The predicted octanol–water partition coefficient (Wildman–Crippen LogP) is 4.21. The first kappa shape index (κ1) is 22.3. The van der Waals surface area contributed by atoms with Crippen molar-refractivity contribution in [3.8, 4) is 5.75 Å². The van der Waals surface area contributed by atoms with Gasteiger partial charge in [-0.05, 0) is 36.6 Å². The number of aryl methyl sites for hydroxylation is 1. The quantitative estimate of drug-likeness (QED) is 0.621. The summed E-state index contributed by atoms with van der Waals surface area (Å²) < 4.78 is 11.8. The van der Waals surface area contributed by atoms with Gasteiger partial charge in [0.05, 0.1) is 19.8 Å². The second-order valence-corrected chi connectivity index (χ2v) is 7.99. The Morgan fingerprint density at radius 2 is 1.80 bits per heavy atom. The molecular formula is C25H34N2O3. The van der Waals surface area contributed by atoms with Crippen LogP contribution < -0.4 is 4.74 Å². The molecule has 1 heterocycles. The summed E-state index contributed by atoms with van der Waals surface area (Å²) in [4.78, 5) is 16.6. The van der Waals surface area contributed by atoms with Crippen LogP contribution in [-0.4, -0.2) is 55.5 Å². The van der Waals surface area contributed by atoms with E-state index in [1.807, 2.05) is 17.0 Å². The number of amides is 1. The number of carbonyl (C=O) groups is 1. The predicted molar refractivity (Wildman–Crippen MR) is 120 cm³/mol. The summed E-state index contributed by atoms with van der Waals surface area (Å²) in [6, 6.07) is 16.6. The summed E-state index contributed by atoms with van der Waals surface area (Å²) in [5.41, 5.74) is 3.54. The van der Waals surface area contributed by atoms with E-state index in [1.54, 1.807) is 7.11 Å². The Balaban J connectivity index is 1.65. The van der Waals surface area contributed by atoms with E-state index >= 15 is 0 Å². The van der Waals surface area contributed by atoms with Crippen molar-refractivity contribution < 1.29 is 14.3 Å². The highest BCUT2D eigenvalue weighted by atomic mass is 16.5. The van der Waals surface area contributed by atoms with Crippen LogP contribution in [0.5, 0.6) is 5.75 Å². The van der Waals surface area contributed by atoms with E-state index in [4.69, 9.17) is 9.47 Å². The van der Waals surface area contributed by atoms with Crippen molar-refractivity contribution in [2.24, 2.45) is 0 Å². The monoisotopic (exact) mass is 410 g/mol. The minimum absolute atomic E-state index is 0.0562. The van der Waals surface area contributed by atoms with Crippen LogP contribution in [0.15, 0.2) is 48.5 Å². The lowest BCUT2D eigenvalue weighted by molar-refractivity contribution is -0.133. The third-order valence-corrected chi connectivity index (χ3v) is 5.65. The van der Waals surface area contributed by atoms with E-state index in [9.17, 15) is 4.79 Å². The van der Waals surface area contributed by atoms with Gasteiger partial charge in [-0.1, -0.05) is 48.9 Å². The van der Waals surface area contributed by atoms with Crippen molar-refractivity contribution in [3.63, 3.8) is 0 Å². The fraction of sp³-hybridized carbons (Fsp3) is 0.480. The molecule has 1 aliphatic heterocycles. The van der Waals surface area contributed by atoms with E-state index in [2.05, 4.69) is 55.1 Å². The van der Waals surface area contributed by atoms with Crippen LogP contribution in [0.1, 0.15) is 42.6 Å². The first-order valence-corrected chi connectivity index (χ1v) is 10.9. The summed E-state index contributed by atoms with van der Waals surface area (Å²) in [6.45, 7) is 8.86. The maximum absolute atomic E-state index is 12.2. The minimum Gasteiger partial charge on any atom is -0.497 e. The van der Waals surface area contributed by atoms with Crippen molar-refractivity contribution in [2.75, 3.05) is 39.8 Å². The molecule has 2 aromatic carbocycles. The Morgan fingerprint density at radius 3 is 2.47 bits per heavy atom. The highest BCUT2D eigenvalue weighted by molar-refractivity contribution is 5.76. The molecular weight excluding hydrogens is 376 g/mol. The maximum atomic E-state index is 12.2. The second kappa shape index (κ2) is 11.1. The molecule has 0 radical (unpaired) electrons. The summed E-state index contributed by atoms with van der Waals surface area (Å²) in [6.07, 6.45) is 1.50. The molecule has 0 bridgehead atoms. The van der Waals surface area contributed by atoms with Crippen LogP contribution in [0.3, 0.4) is 0 Å². The average molecular weight is 411 g/mol. The van der Waals surface area contributed by atoms with Gasteiger partial charge in [-0.3, -0.25) is 9.69 Å². The van der Waals surface area contributed by atoms with Crippen LogP contribution in [0.25, 0.3) is 0 Å². The largest absolute Gasteiger partial charge is 0.497 e. The zero-order chi connectivity index (χ0) is 21.3. The van der Waals surface area contributed by atoms with Crippen molar-refractivity contribution in [1.82, 2.24) is 9.80 Å². The number of ether oxygens (including phenoxy) is 2. The number of piperazine rings is 1. The SMILES string of the molecule is CCCC(=O)N1CCN(C[C@@H](OCc2ccc(C)cc2)c2cccc(OC)c2)CC1. The highest BCUT2D eigenvalue weighted by Crippen LogP contribution is 2.25. The van der Waals surface area contributed by atoms with Gasteiger partial charge < -0.3 is 14.4 Å². The van der Waals surface area contributed by atoms with Gasteiger partial charge in [0.1, 0.15) is 5.75 Å². The molecule has 1 amide bonds. The molecule has 0 aliphatic carbocycles. The molecule has 30 heavy (non-hydrogen) atoms. The molecule has 5 nitrogen and oxygen atoms in total. The van der Waals surface area contributed by atoms with Gasteiger partial charge in [0, 0.05) is 39.1 Å². The summed E-state index contributed by atoms with van der Waals surface area (Å²) in [5, 5.41) is 0. The smallest absolute Gasteiger partial charge is 0.222 e. The Morgan fingerprint density at radius 1 is 1.07 bits per heavy atom. The molecule has 0 spiro atoms. The molecule has 0 aromatic heterocycles. The van der Waals surface area contributed by atoms with Gasteiger partial charge >= 0.3 is 0 Å². The first-order valence-electron chi connectivity index (χ1n) is 10.9. The Kier molecular flexibility index (Phi) is 8.29. The van der Waals surface area contributed by atoms with Crippen LogP contribution in [0.4, 0.5) is 0 Å². The standard InChI is InChI=1S/C25H34N2O3/c1-4-6-25(28)27-15-13-26(14-16-27)18-24(22-7-5-8-23(17-22)29-3)30-19-21-11-9-20(2)10-12-21/h5,7-12,17,24H,4,6,13-16,18-19H2,1-3H3/t24-/m1/s1. The third-order valence-electron chi connectivity index (χ3n) is 5.65. The second-order valence-electron chi connectivity index (χ2n) is 7.99. The average Bonchev–Trinajstić information content (AvgIpc) is 2.78. The number of methoxy groups -OCH3 is 1. The number of hydrogen-bond acceptors (Lipinski definition) is 4. The summed E-state index contributed by atoms with van der Waals surface area (Å²) in [5.74, 6) is 1.11. The lowest BCUT2D eigenvalue weighted by atomic mass is 10.1. The van der Waals surface area contributed by atoms with Crippen molar-refractivity contribution in [2.45, 2.75) is 39.4 Å². The fourth-order valence-electron chi connectivity index (χ4n) is 3.76. The molecule has 1 fully saturated rings. The highest BCUT2D eigenvalue weighted by Gasteiger charge is 2.24. The van der Waals surface area contributed by atoms with Crippen LogP contribution in [0, 0.1) is 6.92 Å². The Bertz CT molecular complexity index is 798. The molecule has 0 unspecified atom stereocenters. The fourth-order valence-corrected chi connectivity index (χ4v) is 3.76. The van der Waals surface area contributed by atoms with E-state index in [1.165, 1.54) is 11.1 Å². The van der Waals surface area contributed by atoms with Crippen molar-refractivity contribution in [3.05, 3.63) is 65.2 Å². The van der Waals surface area contributed by atoms with Crippen LogP contribution in [-0.2, 0) is 16.1 Å². The lowest BCUT2D eigenvalue weighted by Gasteiger charge is -2.36. The Hall–Kier alpha value is -2.37. The number of rotatable bonds is 9. The molecule has 1 saturated heterocycles. The molecule has 5 heteroatoms. The van der Waals surface area contributed by atoms with E-state index in [0.29, 0.717) is 13.0 Å². The van der Waals surface area contributed by atoms with Gasteiger partial charge in [0.25, 0.3) is 0 Å².